The molecule has 0 aromatic heterocycles. The Labute approximate surface area is 167 Å². The van der Waals surface area contributed by atoms with Crippen molar-refractivity contribution < 1.29 is 14.7 Å². The van der Waals surface area contributed by atoms with Crippen molar-refractivity contribution in [3.8, 4) is 0 Å². The summed E-state index contributed by atoms with van der Waals surface area (Å²) in [6.07, 6.45) is 2.36. The predicted octanol–water partition coefficient (Wildman–Crippen LogP) is 3.17. The van der Waals surface area contributed by atoms with Crippen molar-refractivity contribution in [1.29, 1.82) is 0 Å². The number of hydrogen-bond acceptors (Lipinski definition) is 3. The van der Waals surface area contributed by atoms with Crippen molar-refractivity contribution in [3.05, 3.63) is 35.4 Å². The molecule has 2 aliphatic heterocycles. The molecule has 0 spiro atoms. The second-order valence-corrected chi connectivity index (χ2v) is 8.67. The van der Waals surface area contributed by atoms with Crippen molar-refractivity contribution in [3.63, 3.8) is 0 Å². The van der Waals surface area contributed by atoms with Crippen molar-refractivity contribution in [2.75, 3.05) is 26.2 Å². The molecule has 1 aromatic rings. The Kier molecular flexibility index (Phi) is 6.94. The van der Waals surface area contributed by atoms with Crippen LogP contribution in [0.2, 0.25) is 0 Å². The first-order valence-electron chi connectivity index (χ1n) is 10.5. The molecule has 2 amide bonds. The lowest BCUT2D eigenvalue weighted by atomic mass is 9.91. The lowest BCUT2D eigenvalue weighted by Crippen LogP contribution is -2.45. The standard InChI is InChI=1S/C22H33N3O3/c1-16-11-17(2)14-24(13-16)15-20-6-4-3-5-19(20)12-23-22(28)25-9-7-18(8-10-25)21(26)27/h3-6,16-18H,7-15H2,1-2H3,(H,23,28)(H,26,27). The highest BCUT2D eigenvalue weighted by molar-refractivity contribution is 5.75. The Morgan fingerprint density at radius 1 is 1.07 bits per heavy atom. The van der Waals surface area contributed by atoms with E-state index < -0.39 is 5.97 Å². The van der Waals surface area contributed by atoms with Crippen molar-refractivity contribution in [2.24, 2.45) is 17.8 Å². The number of aliphatic carboxylic acids is 1. The Morgan fingerprint density at radius 3 is 2.29 bits per heavy atom. The number of amides is 2. The summed E-state index contributed by atoms with van der Waals surface area (Å²) in [6, 6.07) is 8.23. The number of carbonyl (C=O) groups excluding carboxylic acids is 1. The van der Waals surface area contributed by atoms with Gasteiger partial charge in [-0.2, -0.15) is 0 Å². The minimum absolute atomic E-state index is 0.0983. The second kappa shape index (κ2) is 9.41. The third kappa shape index (κ3) is 5.47. The molecule has 0 bridgehead atoms. The van der Waals surface area contributed by atoms with E-state index in [1.54, 1.807) is 4.90 Å². The molecule has 2 aliphatic rings. The van der Waals surface area contributed by atoms with E-state index in [4.69, 9.17) is 5.11 Å². The molecule has 0 aliphatic carbocycles. The lowest BCUT2D eigenvalue weighted by molar-refractivity contribution is -0.143. The maximum Gasteiger partial charge on any atom is 0.317 e. The first kappa shape index (κ1) is 20.6. The van der Waals surface area contributed by atoms with Crippen molar-refractivity contribution in [1.82, 2.24) is 15.1 Å². The van der Waals surface area contributed by atoms with Gasteiger partial charge in [0.15, 0.2) is 0 Å². The SMILES string of the molecule is CC1CC(C)CN(Cc2ccccc2CNC(=O)N2CCC(C(=O)O)CC2)C1. The van der Waals surface area contributed by atoms with Crippen LogP contribution in [0.25, 0.3) is 0 Å². The minimum atomic E-state index is -0.754. The molecule has 2 heterocycles. The van der Waals surface area contributed by atoms with E-state index in [-0.39, 0.29) is 11.9 Å². The van der Waals surface area contributed by atoms with Gasteiger partial charge in [-0.3, -0.25) is 9.69 Å². The Hall–Kier alpha value is -2.08. The topological polar surface area (TPSA) is 72.9 Å². The first-order valence-corrected chi connectivity index (χ1v) is 10.5. The molecule has 0 radical (unpaired) electrons. The molecule has 0 saturated carbocycles. The number of hydrogen-bond donors (Lipinski definition) is 2. The number of carbonyl (C=O) groups is 2. The summed E-state index contributed by atoms with van der Waals surface area (Å²) in [7, 11) is 0. The van der Waals surface area contributed by atoms with E-state index in [2.05, 4.69) is 42.3 Å². The molecule has 2 unspecified atom stereocenters. The van der Waals surface area contributed by atoms with Crippen LogP contribution < -0.4 is 5.32 Å². The maximum absolute atomic E-state index is 12.5. The van der Waals surface area contributed by atoms with Gasteiger partial charge in [0, 0.05) is 39.3 Å². The van der Waals surface area contributed by atoms with Gasteiger partial charge in [0.2, 0.25) is 0 Å². The predicted molar refractivity (Wildman–Crippen MR) is 109 cm³/mol. The molecular formula is C22H33N3O3. The van der Waals surface area contributed by atoms with Gasteiger partial charge < -0.3 is 15.3 Å². The summed E-state index contributed by atoms with van der Waals surface area (Å²) in [5.41, 5.74) is 2.43. The van der Waals surface area contributed by atoms with Gasteiger partial charge in [0.1, 0.15) is 0 Å². The van der Waals surface area contributed by atoms with Crippen LogP contribution in [0.3, 0.4) is 0 Å². The summed E-state index contributed by atoms with van der Waals surface area (Å²) >= 11 is 0. The molecule has 1 aromatic carbocycles. The first-order chi connectivity index (χ1) is 13.4. The van der Waals surface area contributed by atoms with Crippen LogP contribution in [0.1, 0.15) is 44.2 Å². The van der Waals surface area contributed by atoms with Crippen LogP contribution in [-0.2, 0) is 17.9 Å². The molecule has 154 valence electrons. The molecular weight excluding hydrogens is 354 g/mol. The molecule has 6 nitrogen and oxygen atoms in total. The van der Waals surface area contributed by atoms with E-state index in [1.807, 2.05) is 6.07 Å². The molecule has 2 fully saturated rings. The number of likely N-dealkylation sites (tertiary alicyclic amines) is 2. The second-order valence-electron chi connectivity index (χ2n) is 8.67. The molecule has 2 saturated heterocycles. The zero-order valence-electron chi connectivity index (χ0n) is 17.1. The third-order valence-electron chi connectivity index (χ3n) is 6.02. The number of rotatable bonds is 5. The average Bonchev–Trinajstić information content (AvgIpc) is 2.66. The van der Waals surface area contributed by atoms with Crippen LogP contribution >= 0.6 is 0 Å². The summed E-state index contributed by atoms with van der Waals surface area (Å²) < 4.78 is 0. The molecule has 2 N–H and O–H groups in total. The van der Waals surface area contributed by atoms with Gasteiger partial charge in [-0.15, -0.1) is 0 Å². The number of nitrogens with one attached hydrogen (secondary N) is 1. The summed E-state index contributed by atoms with van der Waals surface area (Å²) in [5, 5.41) is 12.1. The summed E-state index contributed by atoms with van der Waals surface area (Å²) in [6.45, 7) is 9.34. The highest BCUT2D eigenvalue weighted by Crippen LogP contribution is 2.23. The summed E-state index contributed by atoms with van der Waals surface area (Å²) in [4.78, 5) is 27.8. The van der Waals surface area contributed by atoms with E-state index >= 15 is 0 Å². The normalized spacial score (nSPS) is 24.1. The van der Waals surface area contributed by atoms with Crippen LogP contribution in [0.4, 0.5) is 4.79 Å². The fourth-order valence-corrected chi connectivity index (χ4v) is 4.66. The minimum Gasteiger partial charge on any atom is -0.481 e. The Morgan fingerprint density at radius 2 is 1.68 bits per heavy atom. The lowest BCUT2D eigenvalue weighted by Gasteiger charge is -2.35. The van der Waals surface area contributed by atoms with Crippen LogP contribution in [0.5, 0.6) is 0 Å². The fourth-order valence-electron chi connectivity index (χ4n) is 4.66. The zero-order chi connectivity index (χ0) is 20.1. The van der Waals surface area contributed by atoms with E-state index in [0.717, 1.165) is 37.0 Å². The highest BCUT2D eigenvalue weighted by atomic mass is 16.4. The smallest absolute Gasteiger partial charge is 0.317 e. The number of carboxylic acids is 1. The van der Waals surface area contributed by atoms with E-state index in [0.29, 0.717) is 32.5 Å². The number of carboxylic acid groups (broad SMARTS) is 1. The van der Waals surface area contributed by atoms with Gasteiger partial charge in [-0.05, 0) is 42.2 Å². The van der Waals surface area contributed by atoms with Crippen LogP contribution in [0, 0.1) is 17.8 Å². The molecule has 6 heteroatoms. The Bertz CT molecular complexity index is 675. The van der Waals surface area contributed by atoms with Gasteiger partial charge in [-0.1, -0.05) is 38.1 Å². The third-order valence-corrected chi connectivity index (χ3v) is 6.02. The number of piperidine rings is 2. The van der Waals surface area contributed by atoms with E-state index in [1.165, 1.54) is 12.0 Å². The Balaban J connectivity index is 1.53. The van der Waals surface area contributed by atoms with Crippen LogP contribution in [-0.4, -0.2) is 53.1 Å². The average molecular weight is 388 g/mol. The fraction of sp³-hybridized carbons (Fsp3) is 0.636. The van der Waals surface area contributed by atoms with Gasteiger partial charge >= 0.3 is 12.0 Å². The summed E-state index contributed by atoms with van der Waals surface area (Å²) in [5.74, 6) is 0.378. The highest BCUT2D eigenvalue weighted by Gasteiger charge is 2.27. The van der Waals surface area contributed by atoms with Gasteiger partial charge in [0.25, 0.3) is 0 Å². The van der Waals surface area contributed by atoms with Crippen molar-refractivity contribution in [2.45, 2.75) is 46.2 Å². The molecule has 2 atom stereocenters. The molecule has 28 heavy (non-hydrogen) atoms. The van der Waals surface area contributed by atoms with Crippen LogP contribution in [0.15, 0.2) is 24.3 Å². The number of benzene rings is 1. The van der Waals surface area contributed by atoms with Gasteiger partial charge in [-0.25, -0.2) is 4.79 Å². The largest absolute Gasteiger partial charge is 0.481 e. The quantitative estimate of drug-likeness (QED) is 0.814. The zero-order valence-corrected chi connectivity index (χ0v) is 17.1. The van der Waals surface area contributed by atoms with Crippen molar-refractivity contribution >= 4 is 12.0 Å². The number of urea groups is 1. The van der Waals surface area contributed by atoms with Gasteiger partial charge in [0.05, 0.1) is 5.92 Å². The van der Waals surface area contributed by atoms with E-state index in [9.17, 15) is 9.59 Å². The number of nitrogens with zero attached hydrogens (tertiary/aromatic N) is 2. The monoisotopic (exact) mass is 387 g/mol. The maximum atomic E-state index is 12.5. The molecule has 3 rings (SSSR count).